The van der Waals surface area contributed by atoms with Crippen molar-refractivity contribution in [3.8, 4) is 0 Å². The Morgan fingerprint density at radius 3 is 2.71 bits per heavy atom. The number of rotatable bonds is 9. The Morgan fingerprint density at radius 1 is 1.38 bits per heavy atom. The van der Waals surface area contributed by atoms with E-state index in [2.05, 4.69) is 40.9 Å². The maximum absolute atomic E-state index is 12.1. The van der Waals surface area contributed by atoms with Gasteiger partial charge < -0.3 is 10.3 Å². The van der Waals surface area contributed by atoms with Crippen LogP contribution in [0.5, 0.6) is 0 Å². The summed E-state index contributed by atoms with van der Waals surface area (Å²) < 4.78 is 26.8. The van der Waals surface area contributed by atoms with Crippen molar-refractivity contribution in [3.05, 3.63) is 18.3 Å². The number of sulfonamides is 1. The Balaban J connectivity index is 2.43. The first-order chi connectivity index (χ1) is 9.86. The lowest BCUT2D eigenvalue weighted by Gasteiger charge is -2.20. The van der Waals surface area contributed by atoms with Crippen LogP contribution >= 0.6 is 0 Å². The van der Waals surface area contributed by atoms with Gasteiger partial charge in [-0.25, -0.2) is 24.0 Å². The smallest absolute Gasteiger partial charge is 0.240 e. The van der Waals surface area contributed by atoms with Crippen LogP contribution < -0.4 is 16.0 Å². The first-order valence-electron chi connectivity index (χ1n) is 6.99. The van der Waals surface area contributed by atoms with Crippen LogP contribution in [0, 0.1) is 0 Å². The summed E-state index contributed by atoms with van der Waals surface area (Å²) in [6.07, 6.45) is 3.15. The average molecular weight is 315 g/mol. The molecule has 0 atom stereocenters. The Kier molecular flexibility index (Phi) is 7.03. The molecular formula is C13H25N5O2S. The van der Waals surface area contributed by atoms with Gasteiger partial charge in [0.1, 0.15) is 5.82 Å². The van der Waals surface area contributed by atoms with Gasteiger partial charge in [-0.1, -0.05) is 0 Å². The summed E-state index contributed by atoms with van der Waals surface area (Å²) in [5.41, 5.74) is 2.33. The lowest BCUT2D eigenvalue weighted by Crippen LogP contribution is -2.29. The topological polar surface area (TPSA) is 100 Å². The van der Waals surface area contributed by atoms with E-state index in [-0.39, 0.29) is 4.90 Å². The van der Waals surface area contributed by atoms with E-state index < -0.39 is 10.0 Å². The Labute approximate surface area is 127 Å². The molecule has 120 valence electrons. The standard InChI is InChI=1S/C13H25N5O2S/c1-11(2)18(3)9-5-4-7-16-21(19,20)12-6-8-15-13(10-12)17-14/h6,8,10-11,16H,4-5,7,9,14H2,1-3H3,(H,15,17). The molecule has 0 radical (unpaired) electrons. The molecular weight excluding hydrogens is 290 g/mol. The lowest BCUT2D eigenvalue weighted by molar-refractivity contribution is 0.268. The number of anilines is 1. The highest BCUT2D eigenvalue weighted by Crippen LogP contribution is 2.11. The largest absolute Gasteiger partial charge is 0.308 e. The number of hydrogen-bond donors (Lipinski definition) is 3. The summed E-state index contributed by atoms with van der Waals surface area (Å²) in [5.74, 6) is 5.54. The molecule has 21 heavy (non-hydrogen) atoms. The van der Waals surface area contributed by atoms with Crippen LogP contribution in [0.25, 0.3) is 0 Å². The molecule has 0 unspecified atom stereocenters. The molecule has 0 aromatic carbocycles. The third-order valence-electron chi connectivity index (χ3n) is 3.30. The number of nitrogens with zero attached hydrogens (tertiary/aromatic N) is 2. The minimum Gasteiger partial charge on any atom is -0.308 e. The highest BCUT2D eigenvalue weighted by Gasteiger charge is 2.14. The van der Waals surface area contributed by atoms with E-state index in [1.807, 2.05) is 0 Å². The SMILES string of the molecule is CC(C)N(C)CCCCNS(=O)(=O)c1ccnc(NN)c1. The number of pyridine rings is 1. The molecule has 0 spiro atoms. The van der Waals surface area contributed by atoms with Crippen molar-refractivity contribution >= 4 is 15.8 Å². The fourth-order valence-corrected chi connectivity index (χ4v) is 2.78. The summed E-state index contributed by atoms with van der Waals surface area (Å²) in [4.78, 5) is 6.27. The molecule has 0 bridgehead atoms. The van der Waals surface area contributed by atoms with Crippen LogP contribution in [0.3, 0.4) is 0 Å². The monoisotopic (exact) mass is 315 g/mol. The van der Waals surface area contributed by atoms with Crippen molar-refractivity contribution in [1.82, 2.24) is 14.6 Å². The highest BCUT2D eigenvalue weighted by molar-refractivity contribution is 7.89. The van der Waals surface area contributed by atoms with Gasteiger partial charge in [-0.3, -0.25) is 0 Å². The molecule has 4 N–H and O–H groups in total. The first-order valence-corrected chi connectivity index (χ1v) is 8.47. The summed E-state index contributed by atoms with van der Waals surface area (Å²) in [6.45, 7) is 5.64. The molecule has 7 nitrogen and oxygen atoms in total. The second-order valence-electron chi connectivity index (χ2n) is 5.20. The fraction of sp³-hybridized carbons (Fsp3) is 0.615. The molecule has 0 aliphatic heterocycles. The quantitative estimate of drug-likeness (QED) is 0.353. The molecule has 0 aliphatic rings. The maximum atomic E-state index is 12.1. The molecule has 1 heterocycles. The molecule has 0 saturated carbocycles. The van der Waals surface area contributed by atoms with Crippen molar-refractivity contribution < 1.29 is 8.42 Å². The van der Waals surface area contributed by atoms with Crippen LogP contribution in [0.2, 0.25) is 0 Å². The van der Waals surface area contributed by atoms with Crippen LogP contribution in [0.15, 0.2) is 23.2 Å². The minimum absolute atomic E-state index is 0.157. The van der Waals surface area contributed by atoms with Crippen molar-refractivity contribution in [2.45, 2.75) is 37.6 Å². The Hall–Kier alpha value is -1.22. The van der Waals surface area contributed by atoms with E-state index in [1.165, 1.54) is 18.3 Å². The number of hydrogen-bond acceptors (Lipinski definition) is 6. The number of nitrogens with two attached hydrogens (primary N) is 1. The Bertz CT molecular complexity index is 533. The van der Waals surface area contributed by atoms with Gasteiger partial charge in [-0.05, 0) is 46.3 Å². The number of nitrogens with one attached hydrogen (secondary N) is 2. The summed E-state index contributed by atoms with van der Waals surface area (Å²) in [5, 5.41) is 0. The zero-order valence-corrected chi connectivity index (χ0v) is 13.7. The van der Waals surface area contributed by atoms with Gasteiger partial charge in [0.15, 0.2) is 0 Å². The second-order valence-corrected chi connectivity index (χ2v) is 6.97. The van der Waals surface area contributed by atoms with Gasteiger partial charge in [0.2, 0.25) is 10.0 Å². The highest BCUT2D eigenvalue weighted by atomic mass is 32.2. The van der Waals surface area contributed by atoms with Crippen LogP contribution in [-0.4, -0.2) is 44.5 Å². The fourth-order valence-electron chi connectivity index (χ4n) is 1.69. The van der Waals surface area contributed by atoms with Crippen LogP contribution in [0.1, 0.15) is 26.7 Å². The predicted molar refractivity (Wildman–Crippen MR) is 84.2 cm³/mol. The summed E-state index contributed by atoms with van der Waals surface area (Å²) in [6, 6.07) is 3.34. The van der Waals surface area contributed by atoms with E-state index in [9.17, 15) is 8.42 Å². The van der Waals surface area contributed by atoms with Crippen LogP contribution in [0.4, 0.5) is 5.82 Å². The second kappa shape index (κ2) is 8.28. The third kappa shape index (κ3) is 5.96. The number of unbranched alkanes of at least 4 members (excludes halogenated alkanes) is 1. The zero-order chi connectivity index (χ0) is 15.9. The summed E-state index contributed by atoms with van der Waals surface area (Å²) >= 11 is 0. The molecule has 1 rings (SSSR count). The third-order valence-corrected chi connectivity index (χ3v) is 4.76. The molecule has 0 fully saturated rings. The molecule has 0 aliphatic carbocycles. The zero-order valence-electron chi connectivity index (χ0n) is 12.8. The van der Waals surface area contributed by atoms with Crippen molar-refractivity contribution in [2.75, 3.05) is 25.6 Å². The number of nitrogen functional groups attached to an aromatic ring is 1. The number of aromatic nitrogens is 1. The van der Waals surface area contributed by atoms with E-state index in [1.54, 1.807) is 0 Å². The van der Waals surface area contributed by atoms with Crippen molar-refractivity contribution in [3.63, 3.8) is 0 Å². The summed E-state index contributed by atoms with van der Waals surface area (Å²) in [7, 11) is -1.45. The lowest BCUT2D eigenvalue weighted by atomic mass is 10.2. The van der Waals surface area contributed by atoms with Gasteiger partial charge >= 0.3 is 0 Å². The van der Waals surface area contributed by atoms with Gasteiger partial charge in [-0.2, -0.15) is 0 Å². The molecule has 0 amide bonds. The van der Waals surface area contributed by atoms with E-state index >= 15 is 0 Å². The molecule has 0 saturated heterocycles. The number of hydrazine groups is 1. The van der Waals surface area contributed by atoms with E-state index in [0.717, 1.165) is 19.4 Å². The Morgan fingerprint density at radius 2 is 2.10 bits per heavy atom. The average Bonchev–Trinajstić information content (AvgIpc) is 2.46. The minimum atomic E-state index is -3.51. The predicted octanol–water partition coefficient (Wildman–Crippen LogP) is 0.766. The van der Waals surface area contributed by atoms with Gasteiger partial charge in [0.05, 0.1) is 4.90 Å². The van der Waals surface area contributed by atoms with Gasteiger partial charge in [0.25, 0.3) is 0 Å². The van der Waals surface area contributed by atoms with E-state index in [4.69, 9.17) is 5.84 Å². The molecule has 1 aromatic rings. The molecule has 1 aromatic heterocycles. The van der Waals surface area contributed by atoms with Crippen molar-refractivity contribution in [2.24, 2.45) is 5.84 Å². The van der Waals surface area contributed by atoms with Gasteiger partial charge in [-0.15, -0.1) is 0 Å². The maximum Gasteiger partial charge on any atom is 0.240 e. The van der Waals surface area contributed by atoms with Crippen LogP contribution in [-0.2, 0) is 10.0 Å². The first kappa shape index (κ1) is 17.8. The van der Waals surface area contributed by atoms with E-state index in [0.29, 0.717) is 18.4 Å². The normalized spacial score (nSPS) is 12.1. The molecule has 8 heteroatoms. The van der Waals surface area contributed by atoms with Crippen molar-refractivity contribution in [1.29, 1.82) is 0 Å². The van der Waals surface area contributed by atoms with Gasteiger partial charge in [0, 0.05) is 24.8 Å².